The van der Waals surface area contributed by atoms with Gasteiger partial charge in [-0.3, -0.25) is 9.59 Å². The highest BCUT2D eigenvalue weighted by molar-refractivity contribution is 5.91. The molecular formula is C14H17N3O4. The van der Waals surface area contributed by atoms with Gasteiger partial charge in [0.2, 0.25) is 0 Å². The monoisotopic (exact) mass is 291 g/mol. The minimum atomic E-state index is -0.929. The zero-order chi connectivity index (χ0) is 15.1. The van der Waals surface area contributed by atoms with Gasteiger partial charge in [-0.2, -0.15) is 0 Å². The van der Waals surface area contributed by atoms with E-state index in [9.17, 15) is 9.59 Å². The highest BCUT2D eigenvalue weighted by Gasteiger charge is 2.18. The molecule has 21 heavy (non-hydrogen) atoms. The Morgan fingerprint density at radius 1 is 1.38 bits per heavy atom. The van der Waals surface area contributed by atoms with E-state index >= 15 is 0 Å². The molecule has 0 aromatic carbocycles. The minimum Gasteiger partial charge on any atom is -0.481 e. The third-order valence-electron chi connectivity index (χ3n) is 3.02. The summed E-state index contributed by atoms with van der Waals surface area (Å²) in [7, 11) is 0. The van der Waals surface area contributed by atoms with Gasteiger partial charge in [-0.05, 0) is 18.6 Å². The fourth-order valence-electron chi connectivity index (χ4n) is 1.96. The van der Waals surface area contributed by atoms with Crippen LogP contribution in [0.4, 0.5) is 0 Å². The molecule has 0 spiro atoms. The number of aromatic nitrogens is 2. The average Bonchev–Trinajstić information content (AvgIpc) is 3.14. The van der Waals surface area contributed by atoms with Crippen molar-refractivity contribution in [1.82, 2.24) is 14.5 Å². The Hall–Kier alpha value is -2.57. The van der Waals surface area contributed by atoms with Crippen LogP contribution in [0.1, 0.15) is 23.4 Å². The van der Waals surface area contributed by atoms with Crippen molar-refractivity contribution in [3.05, 3.63) is 42.9 Å². The van der Waals surface area contributed by atoms with Crippen LogP contribution in [0.2, 0.25) is 0 Å². The first-order valence-corrected chi connectivity index (χ1v) is 6.67. The van der Waals surface area contributed by atoms with E-state index < -0.39 is 5.97 Å². The molecule has 0 saturated carbocycles. The van der Waals surface area contributed by atoms with Crippen molar-refractivity contribution >= 4 is 11.9 Å². The predicted octanol–water partition coefficient (Wildman–Crippen LogP) is 1.48. The second-order valence-electron chi connectivity index (χ2n) is 4.57. The van der Waals surface area contributed by atoms with E-state index in [1.165, 1.54) is 11.2 Å². The van der Waals surface area contributed by atoms with Gasteiger partial charge >= 0.3 is 5.97 Å². The number of imidazole rings is 1. The second-order valence-corrected chi connectivity index (χ2v) is 4.57. The number of amides is 1. The standard InChI is InChI=1S/C14H17N3O4/c18-13(19)4-8-17(14(20)12-3-1-10-21-12)7-2-6-16-9-5-15-11-16/h1,3,5,9-11H,2,4,6-8H2,(H,18,19). The Labute approximate surface area is 121 Å². The molecule has 0 aliphatic carbocycles. The zero-order valence-corrected chi connectivity index (χ0v) is 11.5. The number of rotatable bonds is 8. The molecule has 0 bridgehead atoms. The van der Waals surface area contributed by atoms with Gasteiger partial charge in [0.15, 0.2) is 5.76 Å². The van der Waals surface area contributed by atoms with Gasteiger partial charge in [0, 0.05) is 32.0 Å². The number of furan rings is 1. The Balaban J connectivity index is 1.91. The van der Waals surface area contributed by atoms with E-state index in [1.54, 1.807) is 24.7 Å². The lowest BCUT2D eigenvalue weighted by molar-refractivity contribution is -0.137. The highest BCUT2D eigenvalue weighted by atomic mass is 16.4. The van der Waals surface area contributed by atoms with Crippen molar-refractivity contribution in [2.24, 2.45) is 0 Å². The van der Waals surface area contributed by atoms with Crippen LogP contribution in [0.3, 0.4) is 0 Å². The number of carbonyl (C=O) groups excluding carboxylic acids is 1. The maximum absolute atomic E-state index is 12.2. The summed E-state index contributed by atoms with van der Waals surface area (Å²) in [6.07, 6.45) is 7.29. The Morgan fingerprint density at radius 3 is 2.86 bits per heavy atom. The molecule has 0 radical (unpaired) electrons. The van der Waals surface area contributed by atoms with Crippen molar-refractivity contribution in [2.45, 2.75) is 19.4 Å². The Bertz CT molecular complexity index is 563. The first kappa shape index (κ1) is 14.8. The topological polar surface area (TPSA) is 88.6 Å². The number of aliphatic carboxylic acids is 1. The predicted molar refractivity (Wildman–Crippen MR) is 73.7 cm³/mol. The number of nitrogens with zero attached hydrogens (tertiary/aromatic N) is 3. The zero-order valence-electron chi connectivity index (χ0n) is 11.5. The van der Waals surface area contributed by atoms with Crippen LogP contribution in [0, 0.1) is 0 Å². The lowest BCUT2D eigenvalue weighted by Crippen LogP contribution is -2.34. The smallest absolute Gasteiger partial charge is 0.305 e. The van der Waals surface area contributed by atoms with E-state index in [4.69, 9.17) is 9.52 Å². The first-order valence-electron chi connectivity index (χ1n) is 6.67. The summed E-state index contributed by atoms with van der Waals surface area (Å²) in [5.74, 6) is -0.989. The third kappa shape index (κ3) is 4.48. The van der Waals surface area contributed by atoms with E-state index in [1.807, 2.05) is 10.8 Å². The van der Waals surface area contributed by atoms with Gasteiger partial charge in [0.25, 0.3) is 5.91 Å². The summed E-state index contributed by atoms with van der Waals surface area (Å²) < 4.78 is 6.99. The fourth-order valence-corrected chi connectivity index (χ4v) is 1.96. The lowest BCUT2D eigenvalue weighted by Gasteiger charge is -2.20. The van der Waals surface area contributed by atoms with Crippen LogP contribution >= 0.6 is 0 Å². The van der Waals surface area contributed by atoms with Crippen molar-refractivity contribution in [3.8, 4) is 0 Å². The Morgan fingerprint density at radius 2 is 2.24 bits per heavy atom. The van der Waals surface area contributed by atoms with Crippen molar-refractivity contribution in [3.63, 3.8) is 0 Å². The molecule has 2 aromatic heterocycles. The molecule has 112 valence electrons. The van der Waals surface area contributed by atoms with Gasteiger partial charge in [-0.15, -0.1) is 0 Å². The van der Waals surface area contributed by atoms with Crippen LogP contribution in [-0.4, -0.2) is 44.5 Å². The fraction of sp³-hybridized carbons (Fsp3) is 0.357. The molecule has 0 atom stereocenters. The molecule has 2 heterocycles. The third-order valence-corrected chi connectivity index (χ3v) is 3.02. The van der Waals surface area contributed by atoms with E-state index in [0.29, 0.717) is 13.0 Å². The molecule has 0 unspecified atom stereocenters. The minimum absolute atomic E-state index is 0.0858. The molecule has 7 heteroatoms. The first-order chi connectivity index (χ1) is 10.2. The molecule has 0 saturated heterocycles. The van der Waals surface area contributed by atoms with E-state index in [-0.39, 0.29) is 24.6 Å². The van der Waals surface area contributed by atoms with Crippen LogP contribution in [0.5, 0.6) is 0 Å². The summed E-state index contributed by atoms with van der Waals surface area (Å²) >= 11 is 0. The lowest BCUT2D eigenvalue weighted by atomic mass is 10.3. The number of aryl methyl sites for hydroxylation is 1. The van der Waals surface area contributed by atoms with Gasteiger partial charge < -0.3 is 19.0 Å². The highest BCUT2D eigenvalue weighted by Crippen LogP contribution is 2.08. The molecule has 0 aliphatic heterocycles. The molecule has 7 nitrogen and oxygen atoms in total. The van der Waals surface area contributed by atoms with Crippen LogP contribution in [0.25, 0.3) is 0 Å². The molecule has 1 N–H and O–H groups in total. The van der Waals surface area contributed by atoms with Crippen LogP contribution in [-0.2, 0) is 11.3 Å². The van der Waals surface area contributed by atoms with Gasteiger partial charge in [-0.1, -0.05) is 0 Å². The molecule has 2 rings (SSSR count). The number of hydrogen-bond acceptors (Lipinski definition) is 4. The van der Waals surface area contributed by atoms with E-state index in [0.717, 1.165) is 6.54 Å². The molecular weight excluding hydrogens is 274 g/mol. The number of hydrogen-bond donors (Lipinski definition) is 1. The normalized spacial score (nSPS) is 10.5. The van der Waals surface area contributed by atoms with Crippen LogP contribution in [0.15, 0.2) is 41.5 Å². The summed E-state index contributed by atoms with van der Waals surface area (Å²) in [6, 6.07) is 3.21. The van der Waals surface area contributed by atoms with Gasteiger partial charge in [0.05, 0.1) is 19.0 Å². The van der Waals surface area contributed by atoms with Crippen molar-refractivity contribution in [2.75, 3.05) is 13.1 Å². The van der Waals surface area contributed by atoms with Crippen LogP contribution < -0.4 is 0 Å². The number of carboxylic acid groups (broad SMARTS) is 1. The largest absolute Gasteiger partial charge is 0.481 e. The maximum atomic E-state index is 12.2. The SMILES string of the molecule is O=C(O)CCN(CCCn1ccnc1)C(=O)c1ccco1. The summed E-state index contributed by atoms with van der Waals surface area (Å²) in [6.45, 7) is 1.35. The number of carboxylic acids is 1. The second kappa shape index (κ2) is 7.28. The number of carbonyl (C=O) groups is 2. The summed E-state index contributed by atoms with van der Waals surface area (Å²) in [4.78, 5) is 28.4. The quantitative estimate of drug-likeness (QED) is 0.796. The molecule has 2 aromatic rings. The maximum Gasteiger partial charge on any atom is 0.305 e. The summed E-state index contributed by atoms with van der Waals surface area (Å²) in [5, 5.41) is 8.78. The van der Waals surface area contributed by atoms with Crippen molar-refractivity contribution < 1.29 is 19.1 Å². The average molecular weight is 291 g/mol. The van der Waals surface area contributed by atoms with Gasteiger partial charge in [-0.25, -0.2) is 4.98 Å². The Kier molecular flexibility index (Phi) is 5.14. The molecule has 0 aliphatic rings. The van der Waals surface area contributed by atoms with Gasteiger partial charge in [0.1, 0.15) is 0 Å². The molecule has 0 fully saturated rings. The van der Waals surface area contributed by atoms with E-state index in [2.05, 4.69) is 4.98 Å². The van der Waals surface area contributed by atoms with Crippen molar-refractivity contribution in [1.29, 1.82) is 0 Å². The molecule has 1 amide bonds. The summed E-state index contributed by atoms with van der Waals surface area (Å²) in [5.41, 5.74) is 0.